The van der Waals surface area contributed by atoms with Crippen molar-refractivity contribution in [2.45, 2.75) is 99.8 Å². The molecule has 0 aliphatic rings. The van der Waals surface area contributed by atoms with Crippen molar-refractivity contribution in [2.75, 3.05) is 0 Å². The van der Waals surface area contributed by atoms with Gasteiger partial charge in [-0.2, -0.15) is 0 Å². The van der Waals surface area contributed by atoms with E-state index in [2.05, 4.69) is 13.8 Å². The van der Waals surface area contributed by atoms with Crippen molar-refractivity contribution >= 4 is 33.1 Å². The summed E-state index contributed by atoms with van der Waals surface area (Å²) in [5.74, 6) is -1.48. The maximum Gasteiger partial charge on any atom is 0.303 e. The standard InChI is InChI=1S/C10H18O4.2C4H9.Sn/c11-9(12)7-5-3-1-2-4-6-8-10(13)14;2*1-3-4-2;/h1-8H2,(H,11,12)(H,13,14);2*1,3-4H2,2H3;. The first-order chi connectivity index (χ1) is 11.0. The Labute approximate surface area is 152 Å². The third-order valence-electron chi connectivity index (χ3n) is 3.45. The van der Waals surface area contributed by atoms with Gasteiger partial charge in [0.2, 0.25) is 0 Å². The Morgan fingerprint density at radius 2 is 1.00 bits per heavy atom. The van der Waals surface area contributed by atoms with Crippen molar-refractivity contribution < 1.29 is 19.8 Å². The van der Waals surface area contributed by atoms with Gasteiger partial charge in [-0.05, 0) is 12.8 Å². The fourth-order valence-corrected chi connectivity index (χ4v) is 6.15. The summed E-state index contributed by atoms with van der Waals surface area (Å²) in [5.41, 5.74) is 0. The second kappa shape index (κ2) is 21.7. The van der Waals surface area contributed by atoms with Crippen LogP contribution in [0.5, 0.6) is 0 Å². The van der Waals surface area contributed by atoms with E-state index in [0.29, 0.717) is 0 Å². The molecule has 0 unspecified atom stereocenters. The Morgan fingerprint density at radius 1 is 0.652 bits per heavy atom. The number of carbonyl (C=O) groups is 2. The smallest absolute Gasteiger partial charge is 0.303 e. The van der Waals surface area contributed by atoms with Gasteiger partial charge in [0.25, 0.3) is 0 Å². The van der Waals surface area contributed by atoms with E-state index in [-0.39, 0.29) is 34.0 Å². The Kier molecular flexibility index (Phi) is 23.6. The summed E-state index contributed by atoms with van der Waals surface area (Å²) in [6.45, 7) is 4.58. The molecular formula is C18H36O4Sn. The van der Waals surface area contributed by atoms with Gasteiger partial charge in [0.15, 0.2) is 0 Å². The van der Waals surface area contributed by atoms with Gasteiger partial charge in [-0.1, -0.05) is 25.7 Å². The number of carboxylic acids is 2. The average Bonchev–Trinajstić information content (AvgIpc) is 2.50. The molecule has 136 valence electrons. The quantitative estimate of drug-likeness (QED) is 0.267. The van der Waals surface area contributed by atoms with Crippen LogP contribution in [0.15, 0.2) is 0 Å². The minimum atomic E-state index is -0.740. The molecule has 2 radical (unpaired) electrons. The van der Waals surface area contributed by atoms with Crippen LogP contribution in [-0.2, 0) is 9.59 Å². The molecule has 0 aliphatic carbocycles. The van der Waals surface area contributed by atoms with Crippen LogP contribution in [0.2, 0.25) is 8.87 Å². The fourth-order valence-electron chi connectivity index (χ4n) is 1.99. The van der Waals surface area contributed by atoms with E-state index in [1.807, 2.05) is 0 Å². The Bertz CT molecular complexity index is 244. The number of hydrogen-bond donors (Lipinski definition) is 2. The van der Waals surface area contributed by atoms with E-state index in [1.165, 1.54) is 25.7 Å². The normalized spacial score (nSPS) is 10.0. The van der Waals surface area contributed by atoms with E-state index in [0.717, 1.165) is 38.5 Å². The van der Waals surface area contributed by atoms with Gasteiger partial charge in [0.1, 0.15) is 0 Å². The molecule has 5 heteroatoms. The number of rotatable bonds is 15. The van der Waals surface area contributed by atoms with E-state index >= 15 is 0 Å². The van der Waals surface area contributed by atoms with E-state index in [1.54, 1.807) is 8.87 Å². The van der Waals surface area contributed by atoms with Crippen LogP contribution in [0.25, 0.3) is 0 Å². The summed E-state index contributed by atoms with van der Waals surface area (Å²) >= 11 is 0.149. The molecule has 0 heterocycles. The molecule has 23 heavy (non-hydrogen) atoms. The molecule has 0 bridgehead atoms. The van der Waals surface area contributed by atoms with Gasteiger partial charge >= 0.3 is 81.5 Å². The molecule has 0 aliphatic heterocycles. The topological polar surface area (TPSA) is 74.6 Å². The third-order valence-corrected chi connectivity index (χ3v) is 7.48. The van der Waals surface area contributed by atoms with Gasteiger partial charge in [-0.25, -0.2) is 0 Å². The molecule has 0 aromatic rings. The van der Waals surface area contributed by atoms with Crippen LogP contribution in [0, 0.1) is 0 Å². The monoisotopic (exact) mass is 436 g/mol. The summed E-state index contributed by atoms with van der Waals surface area (Å²) in [4.78, 5) is 20.3. The van der Waals surface area contributed by atoms with E-state index in [9.17, 15) is 9.59 Å². The van der Waals surface area contributed by atoms with Crippen LogP contribution in [0.4, 0.5) is 0 Å². The number of hydrogen-bond acceptors (Lipinski definition) is 2. The molecule has 0 saturated carbocycles. The van der Waals surface area contributed by atoms with Crippen molar-refractivity contribution in [2.24, 2.45) is 0 Å². The summed E-state index contributed by atoms with van der Waals surface area (Å²) < 4.78 is 3.25. The molecule has 0 saturated heterocycles. The maximum absolute atomic E-state index is 10.1. The zero-order valence-corrected chi connectivity index (χ0v) is 18.0. The van der Waals surface area contributed by atoms with E-state index in [4.69, 9.17) is 10.2 Å². The first kappa shape index (κ1) is 25.0. The Morgan fingerprint density at radius 3 is 1.30 bits per heavy atom. The molecule has 0 rings (SSSR count). The van der Waals surface area contributed by atoms with Crippen molar-refractivity contribution in [1.82, 2.24) is 0 Å². The zero-order chi connectivity index (χ0) is 17.8. The predicted molar refractivity (Wildman–Crippen MR) is 97.4 cm³/mol. The molecule has 4 nitrogen and oxygen atoms in total. The molecule has 0 atom stereocenters. The van der Waals surface area contributed by atoms with Gasteiger partial charge < -0.3 is 10.2 Å². The summed E-state index contributed by atoms with van der Waals surface area (Å²) in [6, 6.07) is 0. The van der Waals surface area contributed by atoms with Gasteiger partial charge in [-0.3, -0.25) is 9.59 Å². The Hall–Kier alpha value is -0.261. The third kappa shape index (κ3) is 30.2. The van der Waals surface area contributed by atoms with Crippen molar-refractivity contribution in [3.63, 3.8) is 0 Å². The van der Waals surface area contributed by atoms with Crippen LogP contribution >= 0.6 is 0 Å². The second-order valence-electron chi connectivity index (χ2n) is 5.87. The van der Waals surface area contributed by atoms with Crippen LogP contribution in [-0.4, -0.2) is 43.3 Å². The van der Waals surface area contributed by atoms with Gasteiger partial charge in [0, 0.05) is 12.8 Å². The van der Waals surface area contributed by atoms with Crippen LogP contribution in [0.3, 0.4) is 0 Å². The molecule has 0 aromatic carbocycles. The second-order valence-corrected chi connectivity index (χ2v) is 10.1. The number of carboxylic acid groups (broad SMARTS) is 2. The van der Waals surface area contributed by atoms with Crippen molar-refractivity contribution in [3.05, 3.63) is 0 Å². The van der Waals surface area contributed by atoms with Gasteiger partial charge in [0.05, 0.1) is 0 Å². The molecular weight excluding hydrogens is 399 g/mol. The summed E-state index contributed by atoms with van der Waals surface area (Å²) in [6.07, 6.45) is 11.7. The van der Waals surface area contributed by atoms with Crippen LogP contribution < -0.4 is 0 Å². The largest absolute Gasteiger partial charge is 0.481 e. The molecule has 0 aromatic heterocycles. The van der Waals surface area contributed by atoms with Crippen LogP contribution in [0.1, 0.15) is 90.9 Å². The SMILES string of the molecule is CCC[CH2][Sn][CH2]CCC.O=C(O)CCCCCCCCC(=O)O. The fraction of sp³-hybridized carbons (Fsp3) is 0.889. The summed E-state index contributed by atoms with van der Waals surface area (Å²) in [5, 5.41) is 16.7. The first-order valence-electron chi connectivity index (χ1n) is 9.18. The minimum Gasteiger partial charge on any atom is -0.481 e. The number of aliphatic carboxylic acids is 2. The van der Waals surface area contributed by atoms with Gasteiger partial charge in [-0.15, -0.1) is 0 Å². The molecule has 0 amide bonds. The zero-order valence-electron chi connectivity index (χ0n) is 15.1. The van der Waals surface area contributed by atoms with Crippen molar-refractivity contribution in [1.29, 1.82) is 0 Å². The summed E-state index contributed by atoms with van der Waals surface area (Å²) in [7, 11) is 0. The first-order valence-corrected chi connectivity index (χ1v) is 13.2. The maximum atomic E-state index is 10.1. The molecule has 2 N–H and O–H groups in total. The molecule has 0 spiro atoms. The predicted octanol–water partition coefficient (Wildman–Crippen LogP) is 5.40. The average molecular weight is 435 g/mol. The van der Waals surface area contributed by atoms with Crippen molar-refractivity contribution in [3.8, 4) is 0 Å². The Balaban J connectivity index is 0. The number of unbranched alkanes of at least 4 members (excludes halogenated alkanes) is 7. The minimum absolute atomic E-state index is 0.149. The molecule has 0 fully saturated rings. The van der Waals surface area contributed by atoms with E-state index < -0.39 is 11.9 Å².